The van der Waals surface area contributed by atoms with Crippen LogP contribution in [0.15, 0.2) is 0 Å². The first-order chi connectivity index (χ1) is 6.09. The van der Waals surface area contributed by atoms with E-state index in [1.165, 1.54) is 0 Å². The summed E-state index contributed by atoms with van der Waals surface area (Å²) in [4.78, 5) is 11.5. The molecule has 0 spiro atoms. The number of hydrogen-bond acceptors (Lipinski definition) is 3. The minimum absolute atomic E-state index is 0. The van der Waals surface area contributed by atoms with E-state index >= 15 is 0 Å². The molecule has 0 saturated heterocycles. The quantitative estimate of drug-likeness (QED) is 0.725. The standard InChI is InChI=1S/C10H19NO2.ClH/c1-7(2)13-10(12)8-4-3-5-9(11)6-8;/h7-9H,3-6,11H2,1-2H3;1H/t8-,9+;/m1./s1. The van der Waals surface area contributed by atoms with Crippen molar-refractivity contribution in [3.8, 4) is 0 Å². The summed E-state index contributed by atoms with van der Waals surface area (Å²) in [5, 5.41) is 0. The van der Waals surface area contributed by atoms with Crippen molar-refractivity contribution in [2.24, 2.45) is 11.7 Å². The smallest absolute Gasteiger partial charge is 0.309 e. The first-order valence-electron chi connectivity index (χ1n) is 5.05. The van der Waals surface area contributed by atoms with Gasteiger partial charge in [-0.1, -0.05) is 6.42 Å². The molecule has 0 aliphatic heterocycles. The SMILES string of the molecule is CC(C)OC(=O)[C@@H]1CCC[C@H](N)C1.Cl. The summed E-state index contributed by atoms with van der Waals surface area (Å²) in [5.74, 6) is -0.0173. The van der Waals surface area contributed by atoms with E-state index in [9.17, 15) is 4.79 Å². The van der Waals surface area contributed by atoms with Gasteiger partial charge >= 0.3 is 5.97 Å². The average Bonchev–Trinajstić information content (AvgIpc) is 2.03. The molecule has 0 amide bonds. The number of ether oxygens (including phenoxy) is 1. The number of carbonyl (C=O) groups excluding carboxylic acids is 1. The van der Waals surface area contributed by atoms with Gasteiger partial charge in [0.15, 0.2) is 0 Å². The van der Waals surface area contributed by atoms with Gasteiger partial charge < -0.3 is 10.5 Å². The summed E-state index contributed by atoms with van der Waals surface area (Å²) in [6, 6.07) is 0.193. The molecule has 14 heavy (non-hydrogen) atoms. The van der Waals surface area contributed by atoms with Crippen molar-refractivity contribution in [2.45, 2.75) is 51.7 Å². The molecule has 0 heterocycles. The van der Waals surface area contributed by atoms with Crippen LogP contribution in [0, 0.1) is 5.92 Å². The Morgan fingerprint density at radius 1 is 1.43 bits per heavy atom. The fourth-order valence-corrected chi connectivity index (χ4v) is 1.77. The maximum Gasteiger partial charge on any atom is 0.309 e. The third-order valence-corrected chi connectivity index (χ3v) is 2.40. The van der Waals surface area contributed by atoms with E-state index in [1.807, 2.05) is 13.8 Å². The maximum absolute atomic E-state index is 11.5. The lowest BCUT2D eigenvalue weighted by Crippen LogP contribution is -2.33. The summed E-state index contributed by atoms with van der Waals surface area (Å²) >= 11 is 0. The molecule has 0 aromatic heterocycles. The zero-order chi connectivity index (χ0) is 9.84. The zero-order valence-corrected chi connectivity index (χ0v) is 9.68. The molecule has 1 rings (SSSR count). The maximum atomic E-state index is 11.5. The minimum atomic E-state index is -0.0647. The summed E-state index contributed by atoms with van der Waals surface area (Å²) < 4.78 is 5.14. The highest BCUT2D eigenvalue weighted by Crippen LogP contribution is 2.24. The molecule has 1 aliphatic carbocycles. The highest BCUT2D eigenvalue weighted by atomic mass is 35.5. The van der Waals surface area contributed by atoms with Crippen LogP contribution in [0.25, 0.3) is 0 Å². The molecule has 0 radical (unpaired) electrons. The second-order valence-electron chi connectivity index (χ2n) is 4.11. The van der Waals surface area contributed by atoms with Crippen molar-refractivity contribution in [3.05, 3.63) is 0 Å². The highest BCUT2D eigenvalue weighted by Gasteiger charge is 2.26. The van der Waals surface area contributed by atoms with Gasteiger partial charge in [-0.2, -0.15) is 0 Å². The zero-order valence-electron chi connectivity index (χ0n) is 8.86. The lowest BCUT2D eigenvalue weighted by atomic mass is 9.86. The van der Waals surface area contributed by atoms with Crippen LogP contribution in [0.3, 0.4) is 0 Å². The molecular weight excluding hydrogens is 202 g/mol. The molecule has 0 unspecified atom stereocenters. The molecule has 2 N–H and O–H groups in total. The van der Waals surface area contributed by atoms with Crippen LogP contribution in [-0.2, 0) is 9.53 Å². The molecule has 0 aromatic carbocycles. The Hall–Kier alpha value is -0.280. The Bertz CT molecular complexity index is 185. The number of esters is 1. The van der Waals surface area contributed by atoms with Crippen molar-refractivity contribution < 1.29 is 9.53 Å². The molecule has 3 nitrogen and oxygen atoms in total. The minimum Gasteiger partial charge on any atom is -0.463 e. The van der Waals surface area contributed by atoms with Crippen LogP contribution in [0.5, 0.6) is 0 Å². The normalized spacial score (nSPS) is 26.9. The highest BCUT2D eigenvalue weighted by molar-refractivity contribution is 5.85. The van der Waals surface area contributed by atoms with Crippen LogP contribution in [0.2, 0.25) is 0 Å². The molecular formula is C10H20ClNO2. The Kier molecular flexibility index (Phi) is 6.12. The molecule has 1 fully saturated rings. The van der Waals surface area contributed by atoms with E-state index in [0.29, 0.717) is 0 Å². The Balaban J connectivity index is 0.00000169. The van der Waals surface area contributed by atoms with E-state index in [0.717, 1.165) is 25.7 Å². The van der Waals surface area contributed by atoms with Gasteiger partial charge in [-0.3, -0.25) is 4.79 Å². The summed E-state index contributed by atoms with van der Waals surface area (Å²) in [6.45, 7) is 3.75. The lowest BCUT2D eigenvalue weighted by Gasteiger charge is -2.25. The van der Waals surface area contributed by atoms with Crippen LogP contribution in [-0.4, -0.2) is 18.1 Å². The van der Waals surface area contributed by atoms with Crippen molar-refractivity contribution in [2.75, 3.05) is 0 Å². The summed E-state index contributed by atoms with van der Waals surface area (Å²) in [7, 11) is 0. The fraction of sp³-hybridized carbons (Fsp3) is 0.900. The number of halogens is 1. The average molecular weight is 222 g/mol. The Morgan fingerprint density at radius 3 is 2.57 bits per heavy atom. The predicted octanol–water partition coefficient (Wildman–Crippen LogP) is 1.88. The van der Waals surface area contributed by atoms with Crippen LogP contribution < -0.4 is 5.73 Å². The predicted molar refractivity (Wildman–Crippen MR) is 58.4 cm³/mol. The van der Waals surface area contributed by atoms with Gasteiger partial charge in [0, 0.05) is 6.04 Å². The Labute approximate surface area is 91.8 Å². The van der Waals surface area contributed by atoms with Crippen molar-refractivity contribution in [3.63, 3.8) is 0 Å². The van der Waals surface area contributed by atoms with Crippen LogP contribution >= 0.6 is 12.4 Å². The monoisotopic (exact) mass is 221 g/mol. The number of hydrogen-bond donors (Lipinski definition) is 1. The van der Waals surface area contributed by atoms with Crippen molar-refractivity contribution in [1.29, 1.82) is 0 Å². The van der Waals surface area contributed by atoms with Gasteiger partial charge in [0.25, 0.3) is 0 Å². The van der Waals surface area contributed by atoms with Gasteiger partial charge in [-0.15, -0.1) is 12.4 Å². The van der Waals surface area contributed by atoms with E-state index in [-0.39, 0.29) is 36.4 Å². The fourth-order valence-electron chi connectivity index (χ4n) is 1.77. The van der Waals surface area contributed by atoms with E-state index in [1.54, 1.807) is 0 Å². The molecule has 0 aromatic rings. The Morgan fingerprint density at radius 2 is 2.07 bits per heavy atom. The first kappa shape index (κ1) is 13.7. The van der Waals surface area contributed by atoms with E-state index in [2.05, 4.69) is 0 Å². The first-order valence-corrected chi connectivity index (χ1v) is 5.05. The summed E-state index contributed by atoms with van der Waals surface area (Å²) in [5.41, 5.74) is 5.79. The molecule has 1 saturated carbocycles. The van der Waals surface area contributed by atoms with Crippen molar-refractivity contribution in [1.82, 2.24) is 0 Å². The second kappa shape index (κ2) is 6.25. The second-order valence-corrected chi connectivity index (χ2v) is 4.11. The van der Waals surface area contributed by atoms with Gasteiger partial charge in [0.2, 0.25) is 0 Å². The van der Waals surface area contributed by atoms with Gasteiger partial charge in [-0.05, 0) is 33.1 Å². The van der Waals surface area contributed by atoms with Crippen molar-refractivity contribution >= 4 is 18.4 Å². The van der Waals surface area contributed by atoms with Gasteiger partial charge in [0.05, 0.1) is 12.0 Å². The number of rotatable bonds is 2. The van der Waals surface area contributed by atoms with E-state index in [4.69, 9.17) is 10.5 Å². The van der Waals surface area contributed by atoms with Gasteiger partial charge in [-0.25, -0.2) is 0 Å². The molecule has 4 heteroatoms. The number of carbonyl (C=O) groups is 1. The molecule has 84 valence electrons. The molecule has 1 aliphatic rings. The summed E-state index contributed by atoms with van der Waals surface area (Å²) in [6.07, 6.45) is 3.83. The largest absolute Gasteiger partial charge is 0.463 e. The van der Waals surface area contributed by atoms with Gasteiger partial charge in [0.1, 0.15) is 0 Å². The third kappa shape index (κ3) is 4.29. The van der Waals surface area contributed by atoms with E-state index < -0.39 is 0 Å². The number of nitrogens with two attached hydrogens (primary N) is 1. The topological polar surface area (TPSA) is 52.3 Å². The van der Waals surface area contributed by atoms with Crippen LogP contribution in [0.4, 0.5) is 0 Å². The van der Waals surface area contributed by atoms with Crippen LogP contribution in [0.1, 0.15) is 39.5 Å². The third-order valence-electron chi connectivity index (χ3n) is 2.40. The molecule has 0 bridgehead atoms. The molecule has 2 atom stereocenters. The lowest BCUT2D eigenvalue weighted by molar-refractivity contribution is -0.153.